The summed E-state index contributed by atoms with van der Waals surface area (Å²) in [6, 6.07) is 3.27. The van der Waals surface area contributed by atoms with E-state index >= 15 is 0 Å². The van der Waals surface area contributed by atoms with Gasteiger partial charge < -0.3 is 10.8 Å². The highest BCUT2D eigenvalue weighted by Crippen LogP contribution is 2.29. The van der Waals surface area contributed by atoms with Gasteiger partial charge in [0, 0.05) is 3.57 Å². The summed E-state index contributed by atoms with van der Waals surface area (Å²) < 4.78 is 0.715. The molecule has 1 rings (SSSR count). The molecule has 0 aromatic heterocycles. The summed E-state index contributed by atoms with van der Waals surface area (Å²) in [7, 11) is 0. The van der Waals surface area contributed by atoms with E-state index < -0.39 is 0 Å². The first kappa shape index (κ1) is 9.31. The first-order chi connectivity index (χ1) is 5.54. The lowest BCUT2D eigenvalue weighted by Gasteiger charge is -2.05. The fourth-order valence-corrected chi connectivity index (χ4v) is 1.73. The van der Waals surface area contributed by atoms with Crippen molar-refractivity contribution in [2.24, 2.45) is 0 Å². The highest BCUT2D eigenvalue weighted by Gasteiger charge is 2.12. The normalized spacial score (nSPS) is 9.83. The van der Waals surface area contributed by atoms with Crippen molar-refractivity contribution >= 4 is 34.1 Å². The summed E-state index contributed by atoms with van der Waals surface area (Å²) in [5, 5.41) is 9.40. The molecule has 12 heavy (non-hydrogen) atoms. The second kappa shape index (κ2) is 3.30. The minimum atomic E-state index is -0.177. The number of Topliss-reactive ketones (excluding diaryl/α,β-unsaturated/α-hetero) is 1. The van der Waals surface area contributed by atoms with E-state index in [9.17, 15) is 9.90 Å². The van der Waals surface area contributed by atoms with Crippen LogP contribution in [0.5, 0.6) is 5.75 Å². The van der Waals surface area contributed by atoms with E-state index in [1.54, 1.807) is 12.1 Å². The van der Waals surface area contributed by atoms with Crippen molar-refractivity contribution in [2.75, 3.05) is 5.73 Å². The quantitative estimate of drug-likeness (QED) is 0.356. The smallest absolute Gasteiger partial charge is 0.164 e. The van der Waals surface area contributed by atoms with Crippen LogP contribution in [0.25, 0.3) is 0 Å². The van der Waals surface area contributed by atoms with Crippen LogP contribution in [-0.4, -0.2) is 10.9 Å². The highest BCUT2D eigenvalue weighted by atomic mass is 127. The van der Waals surface area contributed by atoms with Gasteiger partial charge in [-0.05, 0) is 41.6 Å². The standard InChI is InChI=1S/C8H8INO2/c1-4(11)7-5(9)2-3-6(10)8(7)12/h2-3,12H,10H2,1H3. The van der Waals surface area contributed by atoms with Crippen LogP contribution in [0.1, 0.15) is 17.3 Å². The number of ketones is 1. The molecule has 0 aliphatic carbocycles. The van der Waals surface area contributed by atoms with Crippen LogP contribution in [0, 0.1) is 3.57 Å². The van der Waals surface area contributed by atoms with Gasteiger partial charge in [-0.1, -0.05) is 0 Å². The molecule has 0 spiro atoms. The molecule has 0 saturated carbocycles. The Morgan fingerprint density at radius 3 is 2.58 bits per heavy atom. The summed E-state index contributed by atoms with van der Waals surface area (Å²) >= 11 is 1.98. The van der Waals surface area contributed by atoms with E-state index in [0.717, 1.165) is 0 Å². The number of rotatable bonds is 1. The number of benzene rings is 1. The molecule has 0 atom stereocenters. The van der Waals surface area contributed by atoms with Crippen LogP contribution in [0.15, 0.2) is 12.1 Å². The maximum Gasteiger partial charge on any atom is 0.164 e. The van der Waals surface area contributed by atoms with Gasteiger partial charge in [-0.15, -0.1) is 0 Å². The van der Waals surface area contributed by atoms with E-state index in [1.165, 1.54) is 6.92 Å². The average Bonchev–Trinajstić information content (AvgIpc) is 1.97. The lowest BCUT2D eigenvalue weighted by atomic mass is 10.1. The molecule has 0 unspecified atom stereocenters. The molecule has 0 heterocycles. The summed E-state index contributed by atoms with van der Waals surface area (Å²) in [5.74, 6) is -0.293. The predicted octanol–water partition coefficient (Wildman–Crippen LogP) is 1.78. The van der Waals surface area contributed by atoms with Crippen LogP contribution in [0.2, 0.25) is 0 Å². The largest absolute Gasteiger partial charge is 0.505 e. The fraction of sp³-hybridized carbons (Fsp3) is 0.125. The van der Waals surface area contributed by atoms with Gasteiger partial charge in [-0.2, -0.15) is 0 Å². The topological polar surface area (TPSA) is 63.3 Å². The van der Waals surface area contributed by atoms with Crippen LogP contribution in [0.3, 0.4) is 0 Å². The number of carbonyl (C=O) groups is 1. The Morgan fingerprint density at radius 1 is 1.58 bits per heavy atom. The average molecular weight is 277 g/mol. The summed E-state index contributed by atoms with van der Waals surface area (Å²) in [5.41, 5.74) is 5.96. The number of aromatic hydroxyl groups is 1. The van der Waals surface area contributed by atoms with Gasteiger partial charge in [0.15, 0.2) is 5.78 Å². The van der Waals surface area contributed by atoms with E-state index in [1.807, 2.05) is 22.6 Å². The Balaban J connectivity index is 3.43. The zero-order valence-corrected chi connectivity index (χ0v) is 8.62. The molecule has 64 valence electrons. The number of hydrogen-bond donors (Lipinski definition) is 2. The number of phenolic OH excluding ortho intramolecular Hbond substituents is 1. The molecule has 3 nitrogen and oxygen atoms in total. The molecule has 0 amide bonds. The Hall–Kier alpha value is -0.780. The molecule has 0 aliphatic heterocycles. The van der Waals surface area contributed by atoms with Gasteiger partial charge in [-0.25, -0.2) is 0 Å². The van der Waals surface area contributed by atoms with Gasteiger partial charge >= 0.3 is 0 Å². The lowest BCUT2D eigenvalue weighted by molar-refractivity contribution is 0.101. The van der Waals surface area contributed by atoms with Crippen LogP contribution in [-0.2, 0) is 0 Å². The fourth-order valence-electron chi connectivity index (χ4n) is 0.918. The minimum Gasteiger partial charge on any atom is -0.505 e. The first-order valence-electron chi connectivity index (χ1n) is 3.32. The van der Waals surface area contributed by atoms with Crippen LogP contribution >= 0.6 is 22.6 Å². The molecule has 1 aromatic rings. The Bertz CT molecular complexity index is 336. The molecule has 0 saturated heterocycles. The Kier molecular flexibility index (Phi) is 2.56. The van der Waals surface area contributed by atoms with Crippen molar-refractivity contribution < 1.29 is 9.90 Å². The Morgan fingerprint density at radius 2 is 2.17 bits per heavy atom. The molecule has 3 N–H and O–H groups in total. The van der Waals surface area contributed by atoms with Crippen molar-refractivity contribution in [2.45, 2.75) is 6.92 Å². The van der Waals surface area contributed by atoms with Crippen LogP contribution < -0.4 is 5.73 Å². The number of phenols is 1. The van der Waals surface area contributed by atoms with E-state index in [-0.39, 0.29) is 17.2 Å². The van der Waals surface area contributed by atoms with Crippen molar-refractivity contribution in [3.8, 4) is 5.75 Å². The highest BCUT2D eigenvalue weighted by molar-refractivity contribution is 14.1. The molecule has 0 radical (unpaired) electrons. The van der Waals surface area contributed by atoms with Crippen molar-refractivity contribution in [1.82, 2.24) is 0 Å². The van der Waals surface area contributed by atoms with Gasteiger partial charge in [-0.3, -0.25) is 4.79 Å². The molecule has 0 bridgehead atoms. The Labute approximate surface area is 83.7 Å². The molecule has 4 heteroatoms. The summed E-state index contributed by atoms with van der Waals surface area (Å²) in [6.07, 6.45) is 0. The molecular weight excluding hydrogens is 269 g/mol. The lowest BCUT2D eigenvalue weighted by Crippen LogP contribution is -1.99. The van der Waals surface area contributed by atoms with Crippen molar-refractivity contribution in [3.05, 3.63) is 21.3 Å². The molecule has 0 aliphatic rings. The summed E-state index contributed by atoms with van der Waals surface area (Å²) in [4.78, 5) is 11.0. The van der Waals surface area contributed by atoms with Gasteiger partial charge in [0.25, 0.3) is 0 Å². The molecule has 0 fully saturated rings. The third kappa shape index (κ3) is 1.52. The molecular formula is C8H8INO2. The third-order valence-corrected chi connectivity index (χ3v) is 2.41. The van der Waals surface area contributed by atoms with E-state index in [4.69, 9.17) is 5.73 Å². The van der Waals surface area contributed by atoms with Gasteiger partial charge in [0.05, 0.1) is 11.3 Å². The second-order valence-corrected chi connectivity index (χ2v) is 3.58. The monoisotopic (exact) mass is 277 g/mol. The number of carbonyl (C=O) groups excluding carboxylic acids is 1. The maximum absolute atomic E-state index is 11.0. The molecule has 1 aromatic carbocycles. The zero-order chi connectivity index (χ0) is 9.30. The first-order valence-corrected chi connectivity index (χ1v) is 4.39. The number of halogens is 1. The van der Waals surface area contributed by atoms with E-state index in [0.29, 0.717) is 9.13 Å². The second-order valence-electron chi connectivity index (χ2n) is 2.42. The number of anilines is 1. The van der Waals surface area contributed by atoms with Gasteiger partial charge in [0.1, 0.15) is 5.75 Å². The zero-order valence-electron chi connectivity index (χ0n) is 6.47. The van der Waals surface area contributed by atoms with E-state index in [2.05, 4.69) is 0 Å². The predicted molar refractivity (Wildman–Crippen MR) is 55.2 cm³/mol. The van der Waals surface area contributed by atoms with Crippen LogP contribution in [0.4, 0.5) is 5.69 Å². The third-order valence-electron chi connectivity index (χ3n) is 1.51. The maximum atomic E-state index is 11.0. The summed E-state index contributed by atoms with van der Waals surface area (Å²) in [6.45, 7) is 1.40. The van der Waals surface area contributed by atoms with Crippen molar-refractivity contribution in [1.29, 1.82) is 0 Å². The minimum absolute atomic E-state index is 0.116. The number of nitrogen functional groups attached to an aromatic ring is 1. The number of nitrogens with two attached hydrogens (primary N) is 1. The SMILES string of the molecule is CC(=O)c1c(I)ccc(N)c1O. The number of hydrogen-bond acceptors (Lipinski definition) is 3. The van der Waals surface area contributed by atoms with Gasteiger partial charge in [0.2, 0.25) is 0 Å². The van der Waals surface area contributed by atoms with Crippen molar-refractivity contribution in [3.63, 3.8) is 0 Å².